The van der Waals surface area contributed by atoms with Crippen LogP contribution in [0.2, 0.25) is 0 Å². The topological polar surface area (TPSA) is 59.7 Å². The van der Waals surface area contributed by atoms with Crippen molar-refractivity contribution in [2.24, 2.45) is 0 Å². The zero-order valence-corrected chi connectivity index (χ0v) is 13.6. The standard InChI is InChI=1S/C18H19N3O2/c1-10-9-12(23-3)7-8-13(10)16-11(2)20-21-17(16)19-15-6-4-5-14(15)18(21)22/h7-9,22H,4-6H2,1-3H3. The number of ether oxygens (including phenoxy) is 1. The van der Waals surface area contributed by atoms with E-state index in [4.69, 9.17) is 9.72 Å². The van der Waals surface area contributed by atoms with Crippen molar-refractivity contribution >= 4 is 5.65 Å². The lowest BCUT2D eigenvalue weighted by atomic mass is 10.0. The van der Waals surface area contributed by atoms with Crippen molar-refractivity contribution in [3.63, 3.8) is 0 Å². The summed E-state index contributed by atoms with van der Waals surface area (Å²) in [6.07, 6.45) is 2.84. The maximum atomic E-state index is 10.5. The number of fused-ring (bicyclic) bond motifs is 2. The number of methoxy groups -OCH3 is 1. The van der Waals surface area contributed by atoms with Gasteiger partial charge < -0.3 is 9.84 Å². The van der Waals surface area contributed by atoms with Crippen molar-refractivity contribution in [3.8, 4) is 22.8 Å². The molecule has 1 aliphatic carbocycles. The first-order chi connectivity index (χ1) is 11.1. The van der Waals surface area contributed by atoms with Crippen LogP contribution in [0.5, 0.6) is 11.6 Å². The van der Waals surface area contributed by atoms with Gasteiger partial charge >= 0.3 is 0 Å². The average Bonchev–Trinajstić information content (AvgIpc) is 3.12. The predicted molar refractivity (Wildman–Crippen MR) is 88.1 cm³/mol. The smallest absolute Gasteiger partial charge is 0.219 e. The van der Waals surface area contributed by atoms with E-state index in [0.717, 1.165) is 64.3 Å². The molecule has 0 fully saturated rings. The van der Waals surface area contributed by atoms with Crippen LogP contribution in [0.1, 0.15) is 28.9 Å². The molecule has 5 heteroatoms. The quantitative estimate of drug-likeness (QED) is 0.789. The van der Waals surface area contributed by atoms with E-state index in [2.05, 4.69) is 5.10 Å². The molecule has 0 saturated carbocycles. The van der Waals surface area contributed by atoms with Crippen LogP contribution in [-0.4, -0.2) is 26.8 Å². The molecule has 0 aliphatic heterocycles. The minimum absolute atomic E-state index is 0.239. The van der Waals surface area contributed by atoms with Gasteiger partial charge in [-0.3, -0.25) is 0 Å². The molecule has 23 heavy (non-hydrogen) atoms. The van der Waals surface area contributed by atoms with Crippen LogP contribution in [0, 0.1) is 13.8 Å². The summed E-state index contributed by atoms with van der Waals surface area (Å²) >= 11 is 0. The van der Waals surface area contributed by atoms with Crippen molar-refractivity contribution in [1.82, 2.24) is 14.6 Å². The lowest BCUT2D eigenvalue weighted by Gasteiger charge is -2.09. The van der Waals surface area contributed by atoms with Crippen LogP contribution in [0.3, 0.4) is 0 Å². The number of aryl methyl sites for hydroxylation is 3. The molecule has 5 nitrogen and oxygen atoms in total. The number of aromatic hydroxyl groups is 1. The number of nitrogens with zero attached hydrogens (tertiary/aromatic N) is 3. The van der Waals surface area contributed by atoms with Crippen molar-refractivity contribution in [1.29, 1.82) is 0 Å². The second-order valence-electron chi connectivity index (χ2n) is 6.09. The molecule has 1 aromatic carbocycles. The van der Waals surface area contributed by atoms with Gasteiger partial charge in [-0.05, 0) is 56.4 Å². The number of hydrogen-bond donors (Lipinski definition) is 1. The summed E-state index contributed by atoms with van der Waals surface area (Å²) in [5, 5.41) is 15.1. The van der Waals surface area contributed by atoms with E-state index in [1.165, 1.54) is 0 Å². The third-order valence-corrected chi connectivity index (χ3v) is 4.64. The Morgan fingerprint density at radius 2 is 2.04 bits per heavy atom. The highest BCUT2D eigenvalue weighted by atomic mass is 16.5. The summed E-state index contributed by atoms with van der Waals surface area (Å²) in [6.45, 7) is 4.01. The highest BCUT2D eigenvalue weighted by Crippen LogP contribution is 2.36. The molecule has 1 aliphatic rings. The van der Waals surface area contributed by atoms with Crippen LogP contribution in [0.4, 0.5) is 0 Å². The zero-order valence-electron chi connectivity index (χ0n) is 13.6. The Morgan fingerprint density at radius 3 is 2.78 bits per heavy atom. The minimum Gasteiger partial charge on any atom is -0.497 e. The Bertz CT molecular complexity index is 928. The summed E-state index contributed by atoms with van der Waals surface area (Å²) in [6, 6.07) is 5.98. The van der Waals surface area contributed by atoms with Gasteiger partial charge in [0.05, 0.1) is 18.5 Å². The molecule has 0 atom stereocenters. The maximum Gasteiger partial charge on any atom is 0.219 e. The summed E-state index contributed by atoms with van der Waals surface area (Å²) in [4.78, 5) is 4.81. The van der Waals surface area contributed by atoms with E-state index < -0.39 is 0 Å². The normalized spacial score (nSPS) is 13.5. The minimum atomic E-state index is 0.239. The Morgan fingerprint density at radius 1 is 1.22 bits per heavy atom. The second kappa shape index (κ2) is 4.98. The van der Waals surface area contributed by atoms with Gasteiger partial charge in [0.1, 0.15) is 5.75 Å². The molecule has 0 unspecified atom stereocenters. The summed E-state index contributed by atoms with van der Waals surface area (Å²) in [5.41, 5.74) is 6.70. The van der Waals surface area contributed by atoms with E-state index in [1.807, 2.05) is 32.0 Å². The average molecular weight is 309 g/mol. The molecule has 0 radical (unpaired) electrons. The summed E-state index contributed by atoms with van der Waals surface area (Å²) < 4.78 is 6.87. The number of benzene rings is 1. The molecular weight excluding hydrogens is 290 g/mol. The first-order valence-corrected chi connectivity index (χ1v) is 7.85. The Kier molecular flexibility index (Phi) is 3.04. The fourth-order valence-corrected chi connectivity index (χ4v) is 3.47. The number of rotatable bonds is 2. The van der Waals surface area contributed by atoms with E-state index >= 15 is 0 Å². The molecule has 4 rings (SSSR count). The molecule has 2 aromatic heterocycles. The summed E-state index contributed by atoms with van der Waals surface area (Å²) in [5.74, 6) is 1.07. The third kappa shape index (κ3) is 2.00. The fraction of sp³-hybridized carbons (Fsp3) is 0.333. The Labute approximate surface area is 134 Å². The molecule has 0 bridgehead atoms. The van der Waals surface area contributed by atoms with E-state index in [1.54, 1.807) is 11.6 Å². The second-order valence-corrected chi connectivity index (χ2v) is 6.09. The van der Waals surface area contributed by atoms with Gasteiger partial charge in [0.15, 0.2) is 5.65 Å². The van der Waals surface area contributed by atoms with Crippen LogP contribution in [0.15, 0.2) is 18.2 Å². The SMILES string of the molecule is COc1ccc(-c2c(C)nn3c(O)c4c(nc23)CCC4)c(C)c1. The van der Waals surface area contributed by atoms with Crippen molar-refractivity contribution < 1.29 is 9.84 Å². The molecule has 0 saturated heterocycles. The predicted octanol–water partition coefficient (Wildman–Crippen LogP) is 3.22. The molecule has 0 spiro atoms. The molecule has 118 valence electrons. The largest absolute Gasteiger partial charge is 0.497 e. The van der Waals surface area contributed by atoms with Crippen molar-refractivity contribution in [2.75, 3.05) is 7.11 Å². The van der Waals surface area contributed by atoms with Crippen LogP contribution >= 0.6 is 0 Å². The van der Waals surface area contributed by atoms with Gasteiger partial charge in [0.2, 0.25) is 5.88 Å². The molecular formula is C18H19N3O2. The third-order valence-electron chi connectivity index (χ3n) is 4.64. The maximum absolute atomic E-state index is 10.5. The zero-order chi connectivity index (χ0) is 16.1. The first-order valence-electron chi connectivity index (χ1n) is 7.85. The highest BCUT2D eigenvalue weighted by Gasteiger charge is 2.24. The molecule has 3 aromatic rings. The Balaban J connectivity index is 2.01. The van der Waals surface area contributed by atoms with Crippen molar-refractivity contribution in [2.45, 2.75) is 33.1 Å². The van der Waals surface area contributed by atoms with Crippen molar-refractivity contribution in [3.05, 3.63) is 40.7 Å². The fourth-order valence-electron chi connectivity index (χ4n) is 3.47. The highest BCUT2D eigenvalue weighted by molar-refractivity contribution is 5.82. The van der Waals surface area contributed by atoms with Gasteiger partial charge in [0.25, 0.3) is 0 Å². The molecule has 0 amide bonds. The monoisotopic (exact) mass is 309 g/mol. The lowest BCUT2D eigenvalue weighted by Crippen LogP contribution is -1.99. The van der Waals surface area contributed by atoms with Gasteiger partial charge in [-0.2, -0.15) is 9.61 Å². The molecule has 2 heterocycles. The van der Waals surface area contributed by atoms with Crippen LogP contribution in [-0.2, 0) is 12.8 Å². The van der Waals surface area contributed by atoms with Crippen LogP contribution < -0.4 is 4.74 Å². The summed E-state index contributed by atoms with van der Waals surface area (Å²) in [7, 11) is 1.66. The van der Waals surface area contributed by atoms with Gasteiger partial charge in [0, 0.05) is 11.1 Å². The first kappa shape index (κ1) is 14.1. The number of hydrogen-bond acceptors (Lipinski definition) is 4. The van der Waals surface area contributed by atoms with E-state index in [-0.39, 0.29) is 5.88 Å². The Hall–Kier alpha value is -2.56. The van der Waals surface area contributed by atoms with Gasteiger partial charge in [-0.25, -0.2) is 4.98 Å². The van der Waals surface area contributed by atoms with E-state index in [9.17, 15) is 5.11 Å². The van der Waals surface area contributed by atoms with Crippen LogP contribution in [0.25, 0.3) is 16.8 Å². The lowest BCUT2D eigenvalue weighted by molar-refractivity contribution is 0.414. The molecule has 1 N–H and O–H groups in total. The van der Waals surface area contributed by atoms with E-state index in [0.29, 0.717) is 0 Å². The van der Waals surface area contributed by atoms with Gasteiger partial charge in [-0.1, -0.05) is 6.07 Å². The van der Waals surface area contributed by atoms with Gasteiger partial charge in [-0.15, -0.1) is 0 Å². The number of aromatic nitrogens is 3.